The third kappa shape index (κ3) is 8.45. The van der Waals surface area contributed by atoms with Crippen molar-refractivity contribution in [1.29, 1.82) is 0 Å². The van der Waals surface area contributed by atoms with Gasteiger partial charge in [0.2, 0.25) is 0 Å². The Hall–Kier alpha value is -6.20. The first-order valence-corrected chi connectivity index (χ1v) is 20.9. The number of morpholine rings is 2. The second-order valence-corrected chi connectivity index (χ2v) is 15.9. The van der Waals surface area contributed by atoms with Crippen LogP contribution in [0.15, 0.2) is 119 Å². The molecule has 2 saturated heterocycles. The van der Waals surface area contributed by atoms with Crippen LogP contribution < -0.4 is 21.3 Å². The van der Waals surface area contributed by atoms with Crippen molar-refractivity contribution < 1.29 is 9.47 Å². The SMILES string of the molecule is Nc1ncnc2nc(-c3ccc(N4CCOCC4)nc3)cc(-c3cccc(Br)c3)c12.Nc1ncnc2nc(-c3ccc(N4CCOCC4)nc3)cc(-c3cccc(Br)c3)c12. The molecule has 2 aliphatic rings. The van der Waals surface area contributed by atoms with Crippen molar-refractivity contribution in [3.8, 4) is 44.8 Å². The summed E-state index contributed by atoms with van der Waals surface area (Å²) in [6.07, 6.45) is 6.60. The molecule has 6 aromatic heterocycles. The molecule has 2 aromatic carbocycles. The molecule has 10 rings (SSSR count). The van der Waals surface area contributed by atoms with Gasteiger partial charge in [-0.1, -0.05) is 56.1 Å². The molecule has 60 heavy (non-hydrogen) atoms. The molecule has 0 aliphatic carbocycles. The Morgan fingerprint density at radius 1 is 0.483 bits per heavy atom. The summed E-state index contributed by atoms with van der Waals surface area (Å²) in [4.78, 5) is 40.3. The van der Waals surface area contributed by atoms with Crippen LogP contribution in [0.5, 0.6) is 0 Å². The van der Waals surface area contributed by atoms with E-state index in [1.54, 1.807) is 0 Å². The predicted octanol–water partition coefficient (Wildman–Crippen LogP) is 7.87. The van der Waals surface area contributed by atoms with E-state index in [1.165, 1.54) is 12.7 Å². The van der Waals surface area contributed by atoms with Gasteiger partial charge in [0.1, 0.15) is 35.9 Å². The summed E-state index contributed by atoms with van der Waals surface area (Å²) in [5.74, 6) is 2.72. The van der Waals surface area contributed by atoms with E-state index in [-0.39, 0.29) is 0 Å². The van der Waals surface area contributed by atoms with E-state index in [0.29, 0.717) is 22.9 Å². The lowest BCUT2D eigenvalue weighted by Crippen LogP contribution is -2.36. The second kappa shape index (κ2) is 17.6. The Bertz CT molecular complexity index is 2610. The highest BCUT2D eigenvalue weighted by atomic mass is 79.9. The maximum atomic E-state index is 6.19. The number of hydrogen-bond acceptors (Lipinski definition) is 14. The number of rotatable bonds is 6. The minimum atomic E-state index is 0.412. The van der Waals surface area contributed by atoms with E-state index in [9.17, 15) is 0 Å². The normalized spacial score (nSPS) is 14.2. The van der Waals surface area contributed by atoms with Crippen molar-refractivity contribution in [1.82, 2.24) is 39.9 Å². The Balaban J connectivity index is 0.000000154. The molecule has 0 unspecified atom stereocenters. The Morgan fingerprint density at radius 2 is 0.917 bits per heavy atom. The van der Waals surface area contributed by atoms with E-state index in [0.717, 1.165) is 129 Å². The molecule has 14 nitrogen and oxygen atoms in total. The number of halogens is 2. The fraction of sp³-hybridized carbons (Fsp3) is 0.182. The number of aromatic nitrogens is 8. The summed E-state index contributed by atoms with van der Waals surface area (Å²) < 4.78 is 12.8. The van der Waals surface area contributed by atoms with Gasteiger partial charge in [0.25, 0.3) is 0 Å². The van der Waals surface area contributed by atoms with Gasteiger partial charge in [0.15, 0.2) is 11.3 Å². The number of pyridine rings is 4. The molecule has 8 aromatic rings. The molecule has 0 bridgehead atoms. The molecule has 0 spiro atoms. The highest BCUT2D eigenvalue weighted by molar-refractivity contribution is 9.10. The van der Waals surface area contributed by atoms with Crippen LogP contribution in [-0.4, -0.2) is 92.5 Å². The van der Waals surface area contributed by atoms with Crippen molar-refractivity contribution in [2.75, 3.05) is 73.9 Å². The van der Waals surface area contributed by atoms with Crippen molar-refractivity contribution in [2.45, 2.75) is 0 Å². The minimum absolute atomic E-state index is 0.412. The first kappa shape index (κ1) is 39.3. The molecule has 300 valence electrons. The molecule has 0 radical (unpaired) electrons. The summed E-state index contributed by atoms with van der Waals surface area (Å²) in [6.45, 7) is 6.32. The number of nitrogens with zero attached hydrogens (tertiary/aromatic N) is 10. The highest BCUT2D eigenvalue weighted by Gasteiger charge is 2.18. The van der Waals surface area contributed by atoms with Crippen molar-refractivity contribution >= 4 is 77.2 Å². The maximum absolute atomic E-state index is 6.19. The van der Waals surface area contributed by atoms with E-state index in [1.807, 2.05) is 97.3 Å². The lowest BCUT2D eigenvalue weighted by Gasteiger charge is -2.27. The number of anilines is 4. The topological polar surface area (TPSA) is 180 Å². The number of nitrogen functional groups attached to an aromatic ring is 2. The summed E-state index contributed by atoms with van der Waals surface area (Å²) in [6, 6.07) is 28.3. The average molecular weight is 927 g/mol. The van der Waals surface area contributed by atoms with Gasteiger partial charge in [0.05, 0.1) is 48.6 Å². The summed E-state index contributed by atoms with van der Waals surface area (Å²) >= 11 is 7.10. The smallest absolute Gasteiger partial charge is 0.165 e. The first-order chi connectivity index (χ1) is 29.4. The van der Waals surface area contributed by atoms with Gasteiger partial charge in [-0.05, 0) is 82.9 Å². The van der Waals surface area contributed by atoms with Crippen molar-refractivity contribution in [2.24, 2.45) is 0 Å². The average Bonchev–Trinajstić information content (AvgIpc) is 3.29. The molecule has 2 aliphatic heterocycles. The molecule has 8 heterocycles. The lowest BCUT2D eigenvalue weighted by atomic mass is 10.0. The monoisotopic (exact) mass is 924 g/mol. The van der Waals surface area contributed by atoms with Gasteiger partial charge >= 0.3 is 0 Å². The standard InChI is InChI=1S/2C22H19BrN6O/c2*23-16-3-1-2-14(10-16)17-11-18(28-22-20(17)21(24)26-13-27-22)15-4-5-19(25-12-15)29-6-8-30-9-7-29/h2*1-5,10-13H,6-9H2,(H2,24,26,27,28). The summed E-state index contributed by atoms with van der Waals surface area (Å²) in [7, 11) is 0. The van der Waals surface area contributed by atoms with Crippen LogP contribution in [0, 0.1) is 0 Å². The van der Waals surface area contributed by atoms with Crippen LogP contribution >= 0.6 is 31.9 Å². The second-order valence-electron chi connectivity index (χ2n) is 14.1. The van der Waals surface area contributed by atoms with E-state index in [2.05, 4.69) is 71.6 Å². The zero-order chi connectivity index (χ0) is 41.0. The molecule has 0 atom stereocenters. The van der Waals surface area contributed by atoms with Crippen LogP contribution in [0.1, 0.15) is 0 Å². The van der Waals surface area contributed by atoms with Gasteiger partial charge < -0.3 is 30.7 Å². The Kier molecular flexibility index (Phi) is 11.5. The first-order valence-electron chi connectivity index (χ1n) is 19.3. The third-order valence-corrected chi connectivity index (χ3v) is 11.3. The van der Waals surface area contributed by atoms with Crippen molar-refractivity contribution in [3.05, 3.63) is 119 Å². The van der Waals surface area contributed by atoms with Gasteiger partial charge in [-0.25, -0.2) is 39.9 Å². The summed E-state index contributed by atoms with van der Waals surface area (Å²) in [5, 5.41) is 1.49. The molecule has 0 amide bonds. The van der Waals surface area contributed by atoms with E-state index >= 15 is 0 Å². The zero-order valence-corrected chi connectivity index (χ0v) is 35.4. The minimum Gasteiger partial charge on any atom is -0.383 e. The van der Waals surface area contributed by atoms with Crippen LogP contribution in [0.3, 0.4) is 0 Å². The van der Waals surface area contributed by atoms with Gasteiger partial charge in [-0.15, -0.1) is 0 Å². The van der Waals surface area contributed by atoms with Crippen LogP contribution in [0.4, 0.5) is 23.3 Å². The predicted molar refractivity (Wildman–Crippen MR) is 242 cm³/mol. The number of nitrogens with two attached hydrogens (primary N) is 2. The van der Waals surface area contributed by atoms with Gasteiger partial charge in [-0.3, -0.25) is 0 Å². The number of hydrogen-bond donors (Lipinski definition) is 2. The van der Waals surface area contributed by atoms with Crippen LogP contribution in [0.25, 0.3) is 66.8 Å². The lowest BCUT2D eigenvalue weighted by molar-refractivity contribution is 0.122. The van der Waals surface area contributed by atoms with Gasteiger partial charge in [0, 0.05) is 58.6 Å². The molecule has 16 heteroatoms. The molecule has 2 fully saturated rings. The Labute approximate surface area is 362 Å². The number of ether oxygens (including phenoxy) is 2. The maximum Gasteiger partial charge on any atom is 0.165 e. The van der Waals surface area contributed by atoms with Gasteiger partial charge in [-0.2, -0.15) is 0 Å². The summed E-state index contributed by atoms with van der Waals surface area (Å²) in [5.41, 5.74) is 20.8. The fourth-order valence-electron chi connectivity index (χ4n) is 7.27. The van der Waals surface area contributed by atoms with E-state index < -0.39 is 0 Å². The zero-order valence-electron chi connectivity index (χ0n) is 32.2. The number of fused-ring (bicyclic) bond motifs is 2. The largest absolute Gasteiger partial charge is 0.383 e. The quantitative estimate of drug-likeness (QED) is 0.165. The molecule has 0 saturated carbocycles. The third-order valence-electron chi connectivity index (χ3n) is 10.3. The highest BCUT2D eigenvalue weighted by Crippen LogP contribution is 2.36. The van der Waals surface area contributed by atoms with E-state index in [4.69, 9.17) is 30.9 Å². The van der Waals surface area contributed by atoms with Crippen molar-refractivity contribution in [3.63, 3.8) is 0 Å². The Morgan fingerprint density at radius 3 is 1.30 bits per heavy atom. The fourth-order valence-corrected chi connectivity index (χ4v) is 8.07. The molecular weight excluding hydrogens is 888 g/mol. The molecule has 4 N–H and O–H groups in total. The van der Waals surface area contributed by atoms with Crippen LogP contribution in [0.2, 0.25) is 0 Å². The number of benzene rings is 2. The van der Waals surface area contributed by atoms with Crippen LogP contribution in [-0.2, 0) is 9.47 Å². The molecular formula is C44H38Br2N12O2.